The fourth-order valence-electron chi connectivity index (χ4n) is 6.75. The Morgan fingerprint density at radius 3 is 2.42 bits per heavy atom. The number of carbonyl (C=O) groups is 3. The van der Waals surface area contributed by atoms with Crippen LogP contribution in [0.5, 0.6) is 0 Å². The zero-order chi connectivity index (χ0) is 29.4. The molecule has 3 unspecified atom stereocenters. The first-order valence-corrected chi connectivity index (χ1v) is 16.1. The molecule has 7 nitrogen and oxygen atoms in total. The van der Waals surface area contributed by atoms with E-state index >= 15 is 0 Å². The average molecular weight is 653 g/mol. The first-order valence-electron chi connectivity index (χ1n) is 13.9. The zero-order valence-electron chi connectivity index (χ0n) is 23.3. The molecule has 1 aromatic rings. The predicted molar refractivity (Wildman–Crippen MR) is 166 cm³/mol. The highest BCUT2D eigenvalue weighted by molar-refractivity contribution is 9.09. The monoisotopic (exact) mass is 651 g/mol. The summed E-state index contributed by atoms with van der Waals surface area (Å²) in [6.07, 6.45) is 4.73. The maximum Gasteiger partial charge on any atom is 0.251 e. The lowest BCUT2D eigenvalue weighted by atomic mass is 9.70. The fourth-order valence-corrected chi connectivity index (χ4v) is 10.5. The maximum atomic E-state index is 14.7. The summed E-state index contributed by atoms with van der Waals surface area (Å²) >= 11 is 11.6. The van der Waals surface area contributed by atoms with Crippen molar-refractivity contribution in [1.29, 1.82) is 0 Å². The van der Waals surface area contributed by atoms with E-state index in [1.54, 1.807) is 62.9 Å². The van der Waals surface area contributed by atoms with Crippen molar-refractivity contribution in [2.24, 2.45) is 17.8 Å². The summed E-state index contributed by atoms with van der Waals surface area (Å²) in [5, 5.41) is 10.9. The molecule has 3 aliphatic rings. The number of hydrogen-bond acceptors (Lipinski definition) is 5. The standard InChI is InChI=1S/C30H39BrClN3O4S/c1-6-13-33(14-7-2)27(37)23-24-28(38)35(22(17-36)18(4)5)26(30(24)16-21(31)25(23)40-30)29(39)34(15-8-3)20-11-9-19(32)10-12-20/h6,8-12,18,21-26,36H,1,3,7,13-17H2,2,4-5H3/t21?,22-,23+,24-,25+,26?,30?/m0/s1. The Morgan fingerprint density at radius 1 is 1.23 bits per heavy atom. The van der Waals surface area contributed by atoms with Crippen LogP contribution in [0.3, 0.4) is 0 Å². The SMILES string of the molecule is C=CCN(CCC)C(=O)[C@H]1[C@@H]2SC3(CC2Br)C(C(=O)N(CC=C)c2ccc(Cl)cc2)N([C@@H](CO)C(C)C)C(=O)[C@H]13. The lowest BCUT2D eigenvalue weighted by Gasteiger charge is -2.41. The second-order valence-electron chi connectivity index (χ2n) is 11.2. The molecule has 3 fully saturated rings. The van der Waals surface area contributed by atoms with Gasteiger partial charge in [0.25, 0.3) is 5.91 Å². The van der Waals surface area contributed by atoms with Crippen LogP contribution in [-0.2, 0) is 14.4 Å². The molecule has 3 heterocycles. The van der Waals surface area contributed by atoms with Crippen molar-refractivity contribution in [3.8, 4) is 0 Å². The maximum absolute atomic E-state index is 14.7. The molecule has 3 amide bonds. The number of rotatable bonds is 12. The summed E-state index contributed by atoms with van der Waals surface area (Å²) in [5.74, 6) is -1.86. The number of aliphatic hydroxyl groups excluding tert-OH is 1. The summed E-state index contributed by atoms with van der Waals surface area (Å²) in [5.41, 5.74) is 0.646. The molecule has 10 heteroatoms. The Hall–Kier alpha value is -1.81. The summed E-state index contributed by atoms with van der Waals surface area (Å²) in [6, 6.07) is 5.59. The van der Waals surface area contributed by atoms with Crippen LogP contribution in [0.2, 0.25) is 5.02 Å². The van der Waals surface area contributed by atoms with E-state index in [0.717, 1.165) is 6.42 Å². The van der Waals surface area contributed by atoms with Gasteiger partial charge in [0.2, 0.25) is 11.8 Å². The number of alkyl halides is 1. The van der Waals surface area contributed by atoms with Crippen LogP contribution < -0.4 is 4.90 Å². The lowest BCUT2D eigenvalue weighted by molar-refractivity contribution is -0.146. The number of amides is 3. The van der Waals surface area contributed by atoms with Crippen LogP contribution in [0.25, 0.3) is 0 Å². The molecule has 3 aliphatic heterocycles. The van der Waals surface area contributed by atoms with E-state index in [-0.39, 0.29) is 46.9 Å². The number of carbonyl (C=O) groups excluding carboxylic acids is 3. The molecular formula is C30H39BrClN3O4S. The second-order valence-corrected chi connectivity index (χ2v) is 14.3. The van der Waals surface area contributed by atoms with Crippen molar-refractivity contribution in [3.63, 3.8) is 0 Å². The van der Waals surface area contributed by atoms with Gasteiger partial charge in [-0.3, -0.25) is 14.4 Å². The van der Waals surface area contributed by atoms with E-state index in [1.165, 1.54) is 0 Å². The van der Waals surface area contributed by atoms with Crippen LogP contribution in [0.1, 0.15) is 33.6 Å². The molecule has 1 N–H and O–H groups in total. The van der Waals surface area contributed by atoms with Crippen LogP contribution in [0, 0.1) is 17.8 Å². The van der Waals surface area contributed by atoms with Gasteiger partial charge in [0, 0.05) is 40.4 Å². The van der Waals surface area contributed by atoms with Crippen molar-refractivity contribution in [2.45, 2.75) is 60.5 Å². The molecule has 0 aliphatic carbocycles. The minimum atomic E-state index is -0.855. The molecule has 0 radical (unpaired) electrons. The van der Waals surface area contributed by atoms with Crippen LogP contribution in [0.15, 0.2) is 49.6 Å². The molecule has 3 saturated heterocycles. The summed E-state index contributed by atoms with van der Waals surface area (Å²) < 4.78 is -0.812. The Labute approximate surface area is 255 Å². The average Bonchev–Trinajstić information content (AvgIpc) is 3.51. The van der Waals surface area contributed by atoms with Gasteiger partial charge >= 0.3 is 0 Å². The quantitative estimate of drug-likeness (QED) is 0.260. The molecule has 218 valence electrons. The number of hydrogen-bond donors (Lipinski definition) is 1. The molecule has 1 aromatic carbocycles. The zero-order valence-corrected chi connectivity index (χ0v) is 26.5. The highest BCUT2D eigenvalue weighted by Crippen LogP contribution is 2.68. The number of halogens is 2. The predicted octanol–water partition coefficient (Wildman–Crippen LogP) is 4.77. The van der Waals surface area contributed by atoms with Crippen molar-refractivity contribution in [3.05, 3.63) is 54.6 Å². The highest BCUT2D eigenvalue weighted by Gasteiger charge is 2.76. The molecule has 40 heavy (non-hydrogen) atoms. The number of benzene rings is 1. The molecular weight excluding hydrogens is 614 g/mol. The summed E-state index contributed by atoms with van der Waals surface area (Å²) in [6.45, 7) is 14.5. The van der Waals surface area contributed by atoms with E-state index < -0.39 is 28.7 Å². The third-order valence-electron chi connectivity index (χ3n) is 8.43. The van der Waals surface area contributed by atoms with Crippen molar-refractivity contribution in [2.75, 3.05) is 31.1 Å². The number of aliphatic hydroxyl groups is 1. The first-order chi connectivity index (χ1) is 19.1. The normalized spacial score (nSPS) is 29.4. The number of fused-ring (bicyclic) bond motifs is 1. The fraction of sp³-hybridized carbons (Fsp3) is 0.567. The molecule has 2 bridgehead atoms. The Morgan fingerprint density at radius 2 is 1.88 bits per heavy atom. The van der Waals surface area contributed by atoms with Gasteiger partial charge in [-0.05, 0) is 43.0 Å². The highest BCUT2D eigenvalue weighted by atomic mass is 79.9. The summed E-state index contributed by atoms with van der Waals surface area (Å²) in [7, 11) is 0. The Balaban J connectivity index is 1.85. The van der Waals surface area contributed by atoms with Crippen LogP contribution in [-0.4, -0.2) is 85.8 Å². The van der Waals surface area contributed by atoms with E-state index in [0.29, 0.717) is 30.2 Å². The lowest BCUT2D eigenvalue weighted by Crippen LogP contribution is -2.59. The Bertz CT molecular complexity index is 1150. The number of likely N-dealkylation sites (tertiary alicyclic amines) is 1. The third kappa shape index (κ3) is 5.16. The molecule has 1 spiro atoms. The van der Waals surface area contributed by atoms with Gasteiger partial charge in [-0.1, -0.05) is 60.5 Å². The molecule has 4 rings (SSSR count). The topological polar surface area (TPSA) is 81.2 Å². The van der Waals surface area contributed by atoms with E-state index in [4.69, 9.17) is 11.6 Å². The number of anilines is 1. The second kappa shape index (κ2) is 12.6. The van der Waals surface area contributed by atoms with Crippen LogP contribution in [0.4, 0.5) is 5.69 Å². The first kappa shape index (κ1) is 31.1. The van der Waals surface area contributed by atoms with Gasteiger partial charge in [-0.2, -0.15) is 0 Å². The van der Waals surface area contributed by atoms with Gasteiger partial charge < -0.3 is 19.8 Å². The van der Waals surface area contributed by atoms with E-state index in [1.807, 2.05) is 20.8 Å². The third-order valence-corrected chi connectivity index (χ3v) is 11.9. The number of nitrogens with zero attached hydrogens (tertiary/aromatic N) is 3. The molecule has 0 saturated carbocycles. The Kier molecular flexibility index (Phi) is 9.80. The van der Waals surface area contributed by atoms with Gasteiger partial charge in [-0.15, -0.1) is 24.9 Å². The van der Waals surface area contributed by atoms with Gasteiger partial charge in [0.05, 0.1) is 29.2 Å². The minimum Gasteiger partial charge on any atom is -0.394 e. The van der Waals surface area contributed by atoms with E-state index in [2.05, 4.69) is 29.1 Å². The van der Waals surface area contributed by atoms with Crippen LogP contribution >= 0.6 is 39.3 Å². The van der Waals surface area contributed by atoms with Crippen molar-refractivity contribution >= 4 is 62.7 Å². The molecule has 7 atom stereocenters. The molecule has 0 aromatic heterocycles. The van der Waals surface area contributed by atoms with Gasteiger partial charge in [0.1, 0.15) is 6.04 Å². The van der Waals surface area contributed by atoms with Gasteiger partial charge in [0.15, 0.2) is 0 Å². The van der Waals surface area contributed by atoms with Crippen molar-refractivity contribution in [1.82, 2.24) is 9.80 Å². The van der Waals surface area contributed by atoms with Gasteiger partial charge in [-0.25, -0.2) is 0 Å². The largest absolute Gasteiger partial charge is 0.394 e. The van der Waals surface area contributed by atoms with E-state index in [9.17, 15) is 19.5 Å². The van der Waals surface area contributed by atoms with Crippen molar-refractivity contribution < 1.29 is 19.5 Å². The smallest absolute Gasteiger partial charge is 0.251 e. The minimum absolute atomic E-state index is 0.0343. The summed E-state index contributed by atoms with van der Waals surface area (Å²) in [4.78, 5) is 48.3. The number of thioether (sulfide) groups is 1.